The Morgan fingerprint density at radius 3 is 2.86 bits per heavy atom. The Bertz CT molecular complexity index is 899. The number of aromatic nitrogens is 2. The quantitative estimate of drug-likeness (QED) is 0.509. The van der Waals surface area contributed by atoms with E-state index in [-0.39, 0.29) is 11.8 Å². The SMILES string of the molecule is CCN(CCCNC(C)c1cc(-c2cccc(Cl)c2)on1)c1ncccc1O. The summed E-state index contributed by atoms with van der Waals surface area (Å²) in [5.41, 5.74) is 1.76. The molecule has 148 valence electrons. The van der Waals surface area contributed by atoms with Gasteiger partial charge in [-0.2, -0.15) is 0 Å². The van der Waals surface area contributed by atoms with Crippen LogP contribution in [-0.4, -0.2) is 34.9 Å². The van der Waals surface area contributed by atoms with Crippen molar-refractivity contribution in [2.75, 3.05) is 24.5 Å². The van der Waals surface area contributed by atoms with E-state index in [2.05, 4.69) is 34.2 Å². The van der Waals surface area contributed by atoms with E-state index in [4.69, 9.17) is 16.1 Å². The van der Waals surface area contributed by atoms with Gasteiger partial charge >= 0.3 is 0 Å². The van der Waals surface area contributed by atoms with Crippen molar-refractivity contribution < 1.29 is 9.63 Å². The van der Waals surface area contributed by atoms with Crippen LogP contribution < -0.4 is 10.2 Å². The number of benzene rings is 1. The highest BCUT2D eigenvalue weighted by Crippen LogP contribution is 2.26. The zero-order valence-corrected chi connectivity index (χ0v) is 16.9. The number of hydrogen-bond acceptors (Lipinski definition) is 6. The van der Waals surface area contributed by atoms with Crippen molar-refractivity contribution in [2.45, 2.75) is 26.3 Å². The number of nitrogens with one attached hydrogen (secondary N) is 1. The smallest absolute Gasteiger partial charge is 0.171 e. The summed E-state index contributed by atoms with van der Waals surface area (Å²) in [7, 11) is 0. The second-order valence-corrected chi connectivity index (χ2v) is 7.02. The number of pyridine rings is 1. The maximum Gasteiger partial charge on any atom is 0.171 e. The molecule has 2 N–H and O–H groups in total. The molecule has 0 aliphatic carbocycles. The van der Waals surface area contributed by atoms with Gasteiger partial charge in [-0.05, 0) is 51.1 Å². The second-order valence-electron chi connectivity index (χ2n) is 6.58. The lowest BCUT2D eigenvalue weighted by atomic mass is 10.1. The average Bonchev–Trinajstić information content (AvgIpc) is 3.19. The maximum atomic E-state index is 9.97. The fourth-order valence-corrected chi connectivity index (χ4v) is 3.20. The van der Waals surface area contributed by atoms with E-state index in [1.165, 1.54) is 0 Å². The maximum absolute atomic E-state index is 9.97. The van der Waals surface area contributed by atoms with Crippen LogP contribution in [0.25, 0.3) is 11.3 Å². The molecule has 0 fully saturated rings. The lowest BCUT2D eigenvalue weighted by Crippen LogP contribution is -2.29. The zero-order valence-electron chi connectivity index (χ0n) is 16.1. The molecule has 0 amide bonds. The minimum Gasteiger partial charge on any atom is -0.504 e. The highest BCUT2D eigenvalue weighted by molar-refractivity contribution is 6.30. The summed E-state index contributed by atoms with van der Waals surface area (Å²) in [6.45, 7) is 6.50. The molecule has 1 aromatic carbocycles. The van der Waals surface area contributed by atoms with E-state index < -0.39 is 0 Å². The summed E-state index contributed by atoms with van der Waals surface area (Å²) in [5, 5.41) is 18.3. The van der Waals surface area contributed by atoms with E-state index in [0.29, 0.717) is 16.6 Å². The van der Waals surface area contributed by atoms with Gasteiger partial charge in [0, 0.05) is 35.9 Å². The fourth-order valence-electron chi connectivity index (χ4n) is 3.01. The molecule has 2 aromatic heterocycles. The van der Waals surface area contributed by atoms with Crippen LogP contribution in [0.1, 0.15) is 32.0 Å². The number of aromatic hydroxyl groups is 1. The van der Waals surface area contributed by atoms with Crippen LogP contribution in [-0.2, 0) is 0 Å². The van der Waals surface area contributed by atoms with Crippen molar-refractivity contribution in [1.82, 2.24) is 15.5 Å². The van der Waals surface area contributed by atoms with Crippen molar-refractivity contribution >= 4 is 17.4 Å². The Hall–Kier alpha value is -2.57. The van der Waals surface area contributed by atoms with Crippen molar-refractivity contribution in [3.05, 3.63) is 59.4 Å². The summed E-state index contributed by atoms with van der Waals surface area (Å²) in [6, 6.07) is 12.9. The molecule has 3 aromatic rings. The van der Waals surface area contributed by atoms with Crippen molar-refractivity contribution in [1.29, 1.82) is 0 Å². The van der Waals surface area contributed by atoms with Crippen LogP contribution in [0.2, 0.25) is 5.02 Å². The summed E-state index contributed by atoms with van der Waals surface area (Å²) in [4.78, 5) is 6.34. The van der Waals surface area contributed by atoms with Gasteiger partial charge in [0.25, 0.3) is 0 Å². The van der Waals surface area contributed by atoms with Gasteiger partial charge in [-0.25, -0.2) is 4.98 Å². The normalized spacial score (nSPS) is 12.1. The minimum atomic E-state index is 0.0648. The van der Waals surface area contributed by atoms with Gasteiger partial charge in [0.05, 0.1) is 6.04 Å². The van der Waals surface area contributed by atoms with Crippen LogP contribution in [0.3, 0.4) is 0 Å². The zero-order chi connectivity index (χ0) is 19.9. The first kappa shape index (κ1) is 20.2. The van der Waals surface area contributed by atoms with E-state index in [1.54, 1.807) is 18.3 Å². The van der Waals surface area contributed by atoms with E-state index in [9.17, 15) is 5.11 Å². The number of halogens is 1. The van der Waals surface area contributed by atoms with Gasteiger partial charge < -0.3 is 19.8 Å². The Balaban J connectivity index is 1.51. The standard InChI is InChI=1S/C21H25ClN4O2/c1-3-26(21-19(27)9-5-10-24-21)12-6-11-23-15(2)18-14-20(28-25-18)16-7-4-8-17(22)13-16/h4-5,7-10,13-15,23,27H,3,6,11-12H2,1-2H3. The number of rotatable bonds is 9. The Kier molecular flexibility index (Phi) is 6.90. The third kappa shape index (κ3) is 5.03. The lowest BCUT2D eigenvalue weighted by molar-refractivity contribution is 0.408. The Labute approximate surface area is 170 Å². The molecule has 0 spiro atoms. The first-order valence-electron chi connectivity index (χ1n) is 9.43. The summed E-state index contributed by atoms with van der Waals surface area (Å²) in [6.07, 6.45) is 2.60. The topological polar surface area (TPSA) is 74.4 Å². The molecule has 28 heavy (non-hydrogen) atoms. The number of anilines is 1. The van der Waals surface area contributed by atoms with Gasteiger partial charge in [-0.3, -0.25) is 0 Å². The molecule has 0 saturated heterocycles. The van der Waals surface area contributed by atoms with E-state index >= 15 is 0 Å². The van der Waals surface area contributed by atoms with Crippen LogP contribution in [0.4, 0.5) is 5.82 Å². The van der Waals surface area contributed by atoms with Crippen molar-refractivity contribution in [3.63, 3.8) is 0 Å². The van der Waals surface area contributed by atoms with E-state index in [0.717, 1.165) is 37.3 Å². The predicted molar refractivity (Wildman–Crippen MR) is 112 cm³/mol. The Morgan fingerprint density at radius 1 is 1.25 bits per heavy atom. The molecule has 7 heteroatoms. The molecule has 1 unspecified atom stereocenters. The molecule has 2 heterocycles. The van der Waals surface area contributed by atoms with Crippen LogP contribution >= 0.6 is 11.6 Å². The molecule has 6 nitrogen and oxygen atoms in total. The molecule has 0 aliphatic rings. The summed E-state index contributed by atoms with van der Waals surface area (Å²) >= 11 is 6.04. The van der Waals surface area contributed by atoms with E-state index in [1.807, 2.05) is 30.3 Å². The monoisotopic (exact) mass is 400 g/mol. The van der Waals surface area contributed by atoms with Crippen molar-refractivity contribution in [2.24, 2.45) is 0 Å². The Morgan fingerprint density at radius 2 is 2.11 bits per heavy atom. The third-order valence-corrected chi connectivity index (χ3v) is 4.82. The highest BCUT2D eigenvalue weighted by Gasteiger charge is 2.14. The molecular weight excluding hydrogens is 376 g/mol. The molecule has 0 bridgehead atoms. The average molecular weight is 401 g/mol. The van der Waals surface area contributed by atoms with Gasteiger partial charge in [-0.1, -0.05) is 28.9 Å². The first-order valence-corrected chi connectivity index (χ1v) is 9.81. The van der Waals surface area contributed by atoms with Crippen molar-refractivity contribution in [3.8, 4) is 17.1 Å². The molecular formula is C21H25ClN4O2. The summed E-state index contributed by atoms with van der Waals surface area (Å²) in [5.74, 6) is 1.54. The largest absolute Gasteiger partial charge is 0.504 e. The molecule has 1 atom stereocenters. The second kappa shape index (κ2) is 9.57. The van der Waals surface area contributed by atoms with Gasteiger partial charge in [0.2, 0.25) is 0 Å². The molecule has 0 saturated carbocycles. The van der Waals surface area contributed by atoms with Crippen LogP contribution in [0, 0.1) is 0 Å². The van der Waals surface area contributed by atoms with Gasteiger partial charge in [0.1, 0.15) is 5.69 Å². The fraction of sp³-hybridized carbons (Fsp3) is 0.333. The minimum absolute atomic E-state index is 0.0648. The predicted octanol–water partition coefficient (Wildman–Crippen LogP) is 4.66. The summed E-state index contributed by atoms with van der Waals surface area (Å²) < 4.78 is 5.47. The highest BCUT2D eigenvalue weighted by atomic mass is 35.5. The van der Waals surface area contributed by atoms with Crippen LogP contribution in [0.15, 0.2) is 53.2 Å². The third-order valence-electron chi connectivity index (χ3n) is 4.58. The number of nitrogens with zero attached hydrogens (tertiary/aromatic N) is 3. The van der Waals surface area contributed by atoms with Crippen LogP contribution in [0.5, 0.6) is 5.75 Å². The number of hydrogen-bond donors (Lipinski definition) is 2. The molecule has 3 rings (SSSR count). The van der Waals surface area contributed by atoms with Gasteiger partial charge in [0.15, 0.2) is 17.3 Å². The lowest BCUT2D eigenvalue weighted by Gasteiger charge is -2.23. The molecule has 0 radical (unpaired) electrons. The molecule has 0 aliphatic heterocycles. The van der Waals surface area contributed by atoms with Gasteiger partial charge in [-0.15, -0.1) is 0 Å². The first-order chi connectivity index (χ1) is 13.6.